The first-order chi connectivity index (χ1) is 7.75. The Labute approximate surface area is 96.1 Å². The summed E-state index contributed by atoms with van der Waals surface area (Å²) in [6.07, 6.45) is 0. The molecule has 0 heterocycles. The maximum absolute atomic E-state index is 5.64. The normalized spacial score (nSPS) is 12.1. The molecule has 16 heavy (non-hydrogen) atoms. The monoisotopic (exact) mass is 212 g/mol. The van der Waals surface area contributed by atoms with Gasteiger partial charge in [0.25, 0.3) is 0 Å². The van der Waals surface area contributed by atoms with Crippen LogP contribution in [-0.4, -0.2) is 0 Å². The van der Waals surface area contributed by atoms with Gasteiger partial charge in [-0.1, -0.05) is 30.3 Å². The number of nitrogen functional groups attached to an aromatic ring is 1. The van der Waals surface area contributed by atoms with E-state index in [0.717, 1.165) is 11.4 Å². The number of rotatable bonds is 3. The predicted octanol–water partition coefficient (Wildman–Crippen LogP) is 3.44. The molecule has 0 saturated carbocycles. The van der Waals surface area contributed by atoms with Gasteiger partial charge in [0, 0.05) is 17.4 Å². The SMILES string of the molecule is C[C@@H](Nc1ccc(N)cc1)c1ccccc1. The highest BCUT2D eigenvalue weighted by atomic mass is 14.9. The summed E-state index contributed by atoms with van der Waals surface area (Å²) >= 11 is 0. The summed E-state index contributed by atoms with van der Waals surface area (Å²) < 4.78 is 0. The molecule has 0 unspecified atom stereocenters. The fourth-order valence-electron chi connectivity index (χ4n) is 1.65. The molecule has 1 atom stereocenters. The van der Waals surface area contributed by atoms with Gasteiger partial charge >= 0.3 is 0 Å². The van der Waals surface area contributed by atoms with Crippen molar-refractivity contribution in [3.8, 4) is 0 Å². The zero-order chi connectivity index (χ0) is 11.4. The van der Waals surface area contributed by atoms with Crippen LogP contribution in [0.4, 0.5) is 11.4 Å². The van der Waals surface area contributed by atoms with Gasteiger partial charge in [-0.2, -0.15) is 0 Å². The van der Waals surface area contributed by atoms with Crippen LogP contribution in [0.25, 0.3) is 0 Å². The predicted molar refractivity (Wildman–Crippen MR) is 69.3 cm³/mol. The van der Waals surface area contributed by atoms with Gasteiger partial charge < -0.3 is 11.1 Å². The van der Waals surface area contributed by atoms with Crippen LogP contribution in [0.2, 0.25) is 0 Å². The summed E-state index contributed by atoms with van der Waals surface area (Å²) in [6.45, 7) is 2.14. The Hall–Kier alpha value is -1.96. The minimum Gasteiger partial charge on any atom is -0.399 e. The van der Waals surface area contributed by atoms with Crippen molar-refractivity contribution in [2.45, 2.75) is 13.0 Å². The second-order valence-corrected chi connectivity index (χ2v) is 3.90. The highest BCUT2D eigenvalue weighted by molar-refractivity contribution is 5.52. The zero-order valence-electron chi connectivity index (χ0n) is 9.35. The Morgan fingerprint density at radius 2 is 1.56 bits per heavy atom. The molecule has 0 spiro atoms. The topological polar surface area (TPSA) is 38.0 Å². The average molecular weight is 212 g/mol. The molecule has 2 nitrogen and oxygen atoms in total. The summed E-state index contributed by atoms with van der Waals surface area (Å²) in [5, 5.41) is 3.43. The lowest BCUT2D eigenvalue weighted by atomic mass is 10.1. The van der Waals surface area contributed by atoms with Gasteiger partial charge in [0.1, 0.15) is 0 Å². The van der Waals surface area contributed by atoms with Crippen LogP contribution in [0.1, 0.15) is 18.5 Å². The Morgan fingerprint density at radius 3 is 2.19 bits per heavy atom. The van der Waals surface area contributed by atoms with Crippen molar-refractivity contribution in [2.24, 2.45) is 0 Å². The van der Waals surface area contributed by atoms with Crippen molar-refractivity contribution in [2.75, 3.05) is 11.1 Å². The number of nitrogens with two attached hydrogens (primary N) is 1. The van der Waals surface area contributed by atoms with Gasteiger partial charge in [-0.25, -0.2) is 0 Å². The molecular weight excluding hydrogens is 196 g/mol. The van der Waals surface area contributed by atoms with Crippen molar-refractivity contribution in [1.29, 1.82) is 0 Å². The van der Waals surface area contributed by atoms with Crippen LogP contribution in [-0.2, 0) is 0 Å². The minimum atomic E-state index is 0.296. The molecule has 2 aromatic carbocycles. The van der Waals surface area contributed by atoms with E-state index in [1.807, 2.05) is 30.3 Å². The van der Waals surface area contributed by atoms with Crippen molar-refractivity contribution in [3.05, 3.63) is 60.2 Å². The van der Waals surface area contributed by atoms with Gasteiger partial charge in [-0.15, -0.1) is 0 Å². The van der Waals surface area contributed by atoms with Gasteiger partial charge in [0.15, 0.2) is 0 Å². The van der Waals surface area contributed by atoms with Crippen molar-refractivity contribution < 1.29 is 0 Å². The summed E-state index contributed by atoms with van der Waals surface area (Å²) in [5.74, 6) is 0. The highest BCUT2D eigenvalue weighted by Crippen LogP contribution is 2.19. The largest absolute Gasteiger partial charge is 0.399 e. The number of anilines is 2. The molecule has 2 aromatic rings. The maximum Gasteiger partial charge on any atom is 0.0485 e. The van der Waals surface area contributed by atoms with Crippen molar-refractivity contribution >= 4 is 11.4 Å². The molecule has 0 fully saturated rings. The maximum atomic E-state index is 5.64. The van der Waals surface area contributed by atoms with E-state index in [4.69, 9.17) is 5.73 Å². The second kappa shape index (κ2) is 4.71. The summed E-state index contributed by atoms with van der Waals surface area (Å²) in [6, 6.07) is 18.5. The molecule has 0 aliphatic heterocycles. The number of nitrogens with one attached hydrogen (secondary N) is 1. The highest BCUT2D eigenvalue weighted by Gasteiger charge is 2.03. The Kier molecular flexibility index (Phi) is 3.10. The third-order valence-electron chi connectivity index (χ3n) is 2.59. The van der Waals surface area contributed by atoms with Gasteiger partial charge in [-0.05, 0) is 36.8 Å². The van der Waals surface area contributed by atoms with E-state index < -0.39 is 0 Å². The molecule has 0 aliphatic carbocycles. The van der Waals surface area contributed by atoms with Crippen molar-refractivity contribution in [1.82, 2.24) is 0 Å². The van der Waals surface area contributed by atoms with Crippen LogP contribution in [0.3, 0.4) is 0 Å². The molecule has 2 rings (SSSR count). The quantitative estimate of drug-likeness (QED) is 0.765. The lowest BCUT2D eigenvalue weighted by Gasteiger charge is -2.15. The third kappa shape index (κ3) is 2.54. The fourth-order valence-corrected chi connectivity index (χ4v) is 1.65. The smallest absolute Gasteiger partial charge is 0.0485 e. The van der Waals surface area contributed by atoms with E-state index in [2.05, 4.69) is 36.5 Å². The first-order valence-corrected chi connectivity index (χ1v) is 5.43. The molecule has 82 valence electrons. The fraction of sp³-hybridized carbons (Fsp3) is 0.143. The average Bonchev–Trinajstić information content (AvgIpc) is 2.33. The Morgan fingerprint density at radius 1 is 0.938 bits per heavy atom. The van der Waals surface area contributed by atoms with Crippen LogP contribution in [0, 0.1) is 0 Å². The lowest BCUT2D eigenvalue weighted by Crippen LogP contribution is -2.06. The molecule has 0 radical (unpaired) electrons. The van der Waals surface area contributed by atoms with E-state index >= 15 is 0 Å². The van der Waals surface area contributed by atoms with Gasteiger partial charge in [0.05, 0.1) is 0 Å². The van der Waals surface area contributed by atoms with E-state index in [1.165, 1.54) is 5.56 Å². The first kappa shape index (κ1) is 10.6. The zero-order valence-corrected chi connectivity index (χ0v) is 9.35. The summed E-state index contributed by atoms with van der Waals surface area (Å²) in [4.78, 5) is 0. The number of hydrogen-bond donors (Lipinski definition) is 2. The molecular formula is C14H16N2. The molecule has 0 bridgehead atoms. The lowest BCUT2D eigenvalue weighted by molar-refractivity contribution is 0.885. The summed E-state index contributed by atoms with van der Waals surface area (Å²) in [5.41, 5.74) is 8.80. The van der Waals surface area contributed by atoms with Crippen LogP contribution in [0.5, 0.6) is 0 Å². The van der Waals surface area contributed by atoms with Crippen molar-refractivity contribution in [3.63, 3.8) is 0 Å². The molecule has 2 heteroatoms. The van der Waals surface area contributed by atoms with Crippen LogP contribution in [0.15, 0.2) is 54.6 Å². The summed E-state index contributed by atoms with van der Waals surface area (Å²) in [7, 11) is 0. The third-order valence-corrected chi connectivity index (χ3v) is 2.59. The minimum absolute atomic E-state index is 0.296. The Balaban J connectivity index is 2.08. The van der Waals surface area contributed by atoms with E-state index in [0.29, 0.717) is 6.04 Å². The number of benzene rings is 2. The molecule has 0 aliphatic rings. The molecule has 3 N–H and O–H groups in total. The molecule has 0 aromatic heterocycles. The Bertz CT molecular complexity index is 434. The van der Waals surface area contributed by atoms with E-state index in [1.54, 1.807) is 0 Å². The number of hydrogen-bond acceptors (Lipinski definition) is 2. The van der Waals surface area contributed by atoms with E-state index in [-0.39, 0.29) is 0 Å². The second-order valence-electron chi connectivity index (χ2n) is 3.90. The van der Waals surface area contributed by atoms with E-state index in [9.17, 15) is 0 Å². The molecule has 0 saturated heterocycles. The van der Waals surface area contributed by atoms with Crippen LogP contribution >= 0.6 is 0 Å². The first-order valence-electron chi connectivity index (χ1n) is 5.43. The van der Waals surface area contributed by atoms with Crippen LogP contribution < -0.4 is 11.1 Å². The van der Waals surface area contributed by atoms with Gasteiger partial charge in [-0.3, -0.25) is 0 Å². The molecule has 0 amide bonds. The van der Waals surface area contributed by atoms with Gasteiger partial charge in [0.2, 0.25) is 0 Å². The standard InChI is InChI=1S/C14H16N2/c1-11(12-5-3-2-4-6-12)16-14-9-7-13(15)8-10-14/h2-11,16H,15H2,1H3/t11-/m1/s1.